The Morgan fingerprint density at radius 1 is 1.13 bits per heavy atom. The maximum Gasteiger partial charge on any atom is 0.257 e. The highest BCUT2D eigenvalue weighted by atomic mass is 19.1. The molecule has 2 fully saturated rings. The van der Waals surface area contributed by atoms with Gasteiger partial charge in [0.05, 0.1) is 19.4 Å². The van der Waals surface area contributed by atoms with Crippen molar-refractivity contribution >= 4 is 5.91 Å². The summed E-state index contributed by atoms with van der Waals surface area (Å²) >= 11 is 0. The second-order valence-electron chi connectivity index (χ2n) is 8.18. The van der Waals surface area contributed by atoms with Crippen molar-refractivity contribution in [1.29, 1.82) is 0 Å². The number of hydrogen-bond donors (Lipinski definition) is 0. The molecule has 160 valence electrons. The van der Waals surface area contributed by atoms with Crippen molar-refractivity contribution in [1.82, 2.24) is 14.8 Å². The lowest BCUT2D eigenvalue weighted by molar-refractivity contribution is -0.173. The van der Waals surface area contributed by atoms with E-state index in [-0.39, 0.29) is 17.6 Å². The van der Waals surface area contributed by atoms with Gasteiger partial charge in [0.15, 0.2) is 5.60 Å². The predicted octanol–water partition coefficient (Wildman–Crippen LogP) is 3.21. The number of ether oxygens (including phenoxy) is 1. The molecule has 2 atom stereocenters. The van der Waals surface area contributed by atoms with E-state index in [2.05, 4.69) is 9.88 Å². The zero-order chi connectivity index (χ0) is 21.3. The van der Waals surface area contributed by atoms with E-state index in [1.165, 1.54) is 12.1 Å². The molecule has 0 radical (unpaired) electrons. The summed E-state index contributed by atoms with van der Waals surface area (Å²) in [6.45, 7) is 3.16. The van der Waals surface area contributed by atoms with Crippen molar-refractivity contribution in [3.05, 3.63) is 89.9 Å². The minimum Gasteiger partial charge on any atom is -0.468 e. The SMILES string of the molecule is O=C1N(Cc2ccc(F)cc2)CCO[C@@]12CN(Cc1ccco1)C[C@H]2c1cccnc1. The van der Waals surface area contributed by atoms with Crippen LogP contribution in [0.15, 0.2) is 71.6 Å². The molecule has 6 nitrogen and oxygen atoms in total. The van der Waals surface area contributed by atoms with Gasteiger partial charge in [0, 0.05) is 44.5 Å². The molecule has 0 N–H and O–H groups in total. The van der Waals surface area contributed by atoms with E-state index in [4.69, 9.17) is 9.15 Å². The van der Waals surface area contributed by atoms with E-state index in [1.807, 2.05) is 35.4 Å². The van der Waals surface area contributed by atoms with Gasteiger partial charge in [0.25, 0.3) is 5.91 Å². The van der Waals surface area contributed by atoms with Crippen LogP contribution in [0.25, 0.3) is 0 Å². The molecule has 1 spiro atoms. The summed E-state index contributed by atoms with van der Waals surface area (Å²) in [5.41, 5.74) is 0.907. The van der Waals surface area contributed by atoms with E-state index >= 15 is 0 Å². The zero-order valence-corrected chi connectivity index (χ0v) is 17.1. The minimum absolute atomic E-state index is 0.0288. The Labute approximate surface area is 180 Å². The van der Waals surface area contributed by atoms with Gasteiger partial charge >= 0.3 is 0 Å². The van der Waals surface area contributed by atoms with Crippen LogP contribution >= 0.6 is 0 Å². The van der Waals surface area contributed by atoms with Crippen LogP contribution in [0.1, 0.15) is 22.8 Å². The van der Waals surface area contributed by atoms with Crippen LogP contribution in [0.5, 0.6) is 0 Å². The van der Waals surface area contributed by atoms with Gasteiger partial charge in [-0.25, -0.2) is 4.39 Å². The standard InChI is InChI=1S/C24H24FN3O3/c25-20-7-5-18(6-8-20)14-28-10-12-31-24(23(28)29)17-27(15-21-4-2-11-30-21)16-22(24)19-3-1-9-26-13-19/h1-9,11,13,22H,10,12,14-17H2/t22-,24+/m0/s1. The summed E-state index contributed by atoms with van der Waals surface area (Å²) in [5, 5.41) is 0. The topological polar surface area (TPSA) is 58.8 Å². The maximum absolute atomic E-state index is 13.8. The second kappa shape index (κ2) is 8.24. The number of carbonyl (C=O) groups excluding carboxylic acids is 1. The Morgan fingerprint density at radius 2 is 2.00 bits per heavy atom. The van der Waals surface area contributed by atoms with E-state index in [0.29, 0.717) is 39.3 Å². The molecule has 2 aromatic heterocycles. The number of rotatable bonds is 5. The van der Waals surface area contributed by atoms with Crippen LogP contribution in [-0.2, 0) is 22.6 Å². The molecule has 2 aliphatic heterocycles. The largest absolute Gasteiger partial charge is 0.468 e. The average Bonchev–Trinajstić information content (AvgIpc) is 3.42. The van der Waals surface area contributed by atoms with Crippen LogP contribution in [0, 0.1) is 5.82 Å². The van der Waals surface area contributed by atoms with Crippen molar-refractivity contribution in [2.24, 2.45) is 0 Å². The Bertz CT molecular complexity index is 1030. The van der Waals surface area contributed by atoms with Crippen molar-refractivity contribution in [2.45, 2.75) is 24.6 Å². The zero-order valence-electron chi connectivity index (χ0n) is 17.1. The van der Waals surface area contributed by atoms with Crippen LogP contribution in [0.3, 0.4) is 0 Å². The van der Waals surface area contributed by atoms with E-state index in [9.17, 15) is 9.18 Å². The second-order valence-corrected chi connectivity index (χ2v) is 8.18. The first-order valence-electron chi connectivity index (χ1n) is 10.5. The van der Waals surface area contributed by atoms with E-state index in [0.717, 1.165) is 16.9 Å². The van der Waals surface area contributed by atoms with Gasteiger partial charge in [-0.3, -0.25) is 14.7 Å². The number of furan rings is 1. The number of benzene rings is 1. The Balaban J connectivity index is 1.44. The molecule has 2 saturated heterocycles. The molecule has 7 heteroatoms. The van der Waals surface area contributed by atoms with Crippen molar-refractivity contribution in [3.63, 3.8) is 0 Å². The summed E-state index contributed by atoms with van der Waals surface area (Å²) in [4.78, 5) is 22.1. The predicted molar refractivity (Wildman–Crippen MR) is 111 cm³/mol. The lowest BCUT2D eigenvalue weighted by Crippen LogP contribution is -2.59. The third-order valence-electron chi connectivity index (χ3n) is 6.17. The van der Waals surface area contributed by atoms with Gasteiger partial charge in [-0.2, -0.15) is 0 Å². The molecule has 1 amide bonds. The molecular weight excluding hydrogens is 397 g/mol. The highest BCUT2D eigenvalue weighted by Gasteiger charge is 2.57. The number of halogens is 1. The molecule has 0 bridgehead atoms. The molecule has 3 aromatic rings. The molecule has 31 heavy (non-hydrogen) atoms. The highest BCUT2D eigenvalue weighted by Crippen LogP contribution is 2.42. The summed E-state index contributed by atoms with van der Waals surface area (Å²) in [7, 11) is 0. The minimum atomic E-state index is -0.978. The number of nitrogens with zero attached hydrogens (tertiary/aromatic N) is 3. The van der Waals surface area contributed by atoms with Gasteiger partial charge in [0.2, 0.25) is 0 Å². The van der Waals surface area contributed by atoms with Crippen molar-refractivity contribution in [2.75, 3.05) is 26.2 Å². The lowest BCUT2D eigenvalue weighted by Gasteiger charge is -2.42. The number of amides is 1. The smallest absolute Gasteiger partial charge is 0.257 e. The Kier molecular flexibility index (Phi) is 5.29. The van der Waals surface area contributed by atoms with Crippen molar-refractivity contribution in [3.8, 4) is 0 Å². The first-order valence-corrected chi connectivity index (χ1v) is 10.5. The fourth-order valence-corrected chi connectivity index (χ4v) is 4.71. The van der Waals surface area contributed by atoms with Gasteiger partial charge in [-0.05, 0) is 41.5 Å². The highest BCUT2D eigenvalue weighted by molar-refractivity contribution is 5.88. The van der Waals surface area contributed by atoms with Crippen LogP contribution in [0.2, 0.25) is 0 Å². The fourth-order valence-electron chi connectivity index (χ4n) is 4.71. The number of aromatic nitrogens is 1. The number of carbonyl (C=O) groups is 1. The van der Waals surface area contributed by atoms with E-state index < -0.39 is 5.60 Å². The summed E-state index contributed by atoms with van der Waals surface area (Å²) in [5.74, 6) is 0.404. The van der Waals surface area contributed by atoms with Gasteiger partial charge in [-0.1, -0.05) is 18.2 Å². The van der Waals surface area contributed by atoms with Gasteiger partial charge in [0.1, 0.15) is 11.6 Å². The third-order valence-corrected chi connectivity index (χ3v) is 6.17. The fraction of sp³-hybridized carbons (Fsp3) is 0.333. The number of morpholine rings is 1. The average molecular weight is 421 g/mol. The Morgan fingerprint density at radius 3 is 2.74 bits per heavy atom. The van der Waals surface area contributed by atoms with E-state index in [1.54, 1.807) is 24.6 Å². The Hall–Kier alpha value is -3.03. The van der Waals surface area contributed by atoms with Crippen molar-refractivity contribution < 1.29 is 18.3 Å². The molecule has 2 aliphatic rings. The number of hydrogen-bond acceptors (Lipinski definition) is 5. The molecule has 1 aromatic carbocycles. The maximum atomic E-state index is 13.8. The molecule has 0 unspecified atom stereocenters. The summed E-state index contributed by atoms with van der Waals surface area (Å²) in [6.07, 6.45) is 5.21. The monoisotopic (exact) mass is 421 g/mol. The molecule has 5 rings (SSSR count). The van der Waals surface area contributed by atoms with Gasteiger partial charge < -0.3 is 14.1 Å². The summed E-state index contributed by atoms with van der Waals surface area (Å²) < 4.78 is 25.1. The molecule has 0 aliphatic carbocycles. The molecule has 0 saturated carbocycles. The lowest BCUT2D eigenvalue weighted by atomic mass is 9.83. The van der Waals surface area contributed by atoms with Gasteiger partial charge in [-0.15, -0.1) is 0 Å². The van der Waals surface area contributed by atoms with Crippen LogP contribution in [0.4, 0.5) is 4.39 Å². The first-order chi connectivity index (χ1) is 15.1. The number of pyridine rings is 1. The van der Waals surface area contributed by atoms with Crippen LogP contribution in [-0.4, -0.2) is 52.5 Å². The first kappa shape index (κ1) is 19.9. The molecule has 4 heterocycles. The normalized spacial score (nSPS) is 24.2. The third kappa shape index (κ3) is 3.86. The number of likely N-dealkylation sites (tertiary alicyclic amines) is 1. The van der Waals surface area contributed by atoms with Crippen LogP contribution < -0.4 is 0 Å². The molecular formula is C24H24FN3O3. The quantitative estimate of drug-likeness (QED) is 0.633. The summed E-state index contributed by atoms with van der Waals surface area (Å²) in [6, 6.07) is 14.0.